The molecule has 2 aliphatic rings. The molecule has 5 nitrogen and oxygen atoms in total. The van der Waals surface area contributed by atoms with Crippen LogP contribution in [0.25, 0.3) is 0 Å². The second-order valence-corrected chi connectivity index (χ2v) is 6.60. The number of nitrogens with zero attached hydrogens (tertiary/aromatic N) is 2. The lowest BCUT2D eigenvalue weighted by Crippen LogP contribution is -2.41. The van der Waals surface area contributed by atoms with Crippen LogP contribution in [-0.2, 0) is 20.9 Å². The zero-order valence-corrected chi connectivity index (χ0v) is 13.7. The van der Waals surface area contributed by atoms with Crippen molar-refractivity contribution in [1.29, 1.82) is 0 Å². The number of fused-ring (bicyclic) bond motifs is 1. The van der Waals surface area contributed by atoms with Crippen LogP contribution >= 0.6 is 0 Å². The van der Waals surface area contributed by atoms with Crippen molar-refractivity contribution >= 4 is 17.7 Å². The summed E-state index contributed by atoms with van der Waals surface area (Å²) >= 11 is 0. The van der Waals surface area contributed by atoms with E-state index in [4.69, 9.17) is 0 Å². The molecule has 1 saturated heterocycles. The fourth-order valence-corrected chi connectivity index (χ4v) is 3.61. The molecule has 0 radical (unpaired) electrons. The Morgan fingerprint density at radius 1 is 1.17 bits per heavy atom. The summed E-state index contributed by atoms with van der Waals surface area (Å²) in [6.07, 6.45) is 3.36. The van der Waals surface area contributed by atoms with E-state index in [1.165, 1.54) is 11.0 Å². The van der Waals surface area contributed by atoms with Crippen LogP contribution in [0.4, 0.5) is 4.39 Å². The lowest BCUT2D eigenvalue weighted by atomic mass is 9.81. The van der Waals surface area contributed by atoms with Gasteiger partial charge in [0.1, 0.15) is 12.4 Å². The minimum Gasteiger partial charge on any atom is -0.340 e. The average molecular weight is 332 g/mol. The van der Waals surface area contributed by atoms with Crippen LogP contribution < -0.4 is 0 Å². The van der Waals surface area contributed by atoms with Gasteiger partial charge >= 0.3 is 0 Å². The van der Waals surface area contributed by atoms with Crippen molar-refractivity contribution in [2.24, 2.45) is 11.8 Å². The summed E-state index contributed by atoms with van der Waals surface area (Å²) in [5.74, 6) is -1.70. The minimum atomic E-state index is -0.378. The topological polar surface area (TPSA) is 57.7 Å². The van der Waals surface area contributed by atoms with Gasteiger partial charge in [0.05, 0.1) is 11.8 Å². The number of halogens is 1. The second kappa shape index (κ2) is 6.71. The minimum absolute atomic E-state index is 0.106. The highest BCUT2D eigenvalue weighted by molar-refractivity contribution is 6.07. The van der Waals surface area contributed by atoms with E-state index in [0.29, 0.717) is 5.56 Å². The molecule has 2 fully saturated rings. The Morgan fingerprint density at radius 2 is 1.75 bits per heavy atom. The smallest absolute Gasteiger partial charge is 0.242 e. The number of likely N-dealkylation sites (tertiary alicyclic amines) is 1. The fourth-order valence-electron chi connectivity index (χ4n) is 3.61. The molecule has 3 amide bonds. The standard InChI is InChI=1S/C18H21FN2O3/c1-20(10-12-6-2-5-9-15(12)19)16(22)11-21-17(23)13-7-3-4-8-14(13)18(21)24/h2,5-6,9,13-14H,3-4,7-8,10-11H2,1H3/t13-,14+. The Morgan fingerprint density at radius 3 is 2.33 bits per heavy atom. The highest BCUT2D eigenvalue weighted by atomic mass is 19.1. The predicted molar refractivity (Wildman–Crippen MR) is 85.0 cm³/mol. The molecule has 1 aliphatic carbocycles. The van der Waals surface area contributed by atoms with Gasteiger partial charge in [0.25, 0.3) is 0 Å². The molecule has 3 rings (SSSR count). The molecule has 1 aromatic rings. The molecular weight excluding hydrogens is 311 g/mol. The van der Waals surface area contributed by atoms with E-state index in [1.807, 2.05) is 0 Å². The van der Waals surface area contributed by atoms with Crippen LogP contribution in [0, 0.1) is 17.7 Å². The van der Waals surface area contributed by atoms with Crippen LogP contribution in [0.1, 0.15) is 31.2 Å². The highest BCUT2D eigenvalue weighted by Crippen LogP contribution is 2.37. The van der Waals surface area contributed by atoms with Crippen LogP contribution in [0.5, 0.6) is 0 Å². The van der Waals surface area contributed by atoms with Crippen LogP contribution in [0.2, 0.25) is 0 Å². The maximum Gasteiger partial charge on any atom is 0.242 e. The number of hydrogen-bond acceptors (Lipinski definition) is 3. The summed E-state index contributed by atoms with van der Waals surface area (Å²) in [7, 11) is 1.55. The van der Waals surface area contributed by atoms with Gasteiger partial charge in [-0.3, -0.25) is 19.3 Å². The molecule has 0 aromatic heterocycles. The first-order valence-corrected chi connectivity index (χ1v) is 8.31. The quantitative estimate of drug-likeness (QED) is 0.792. The zero-order chi connectivity index (χ0) is 17.3. The number of likely N-dealkylation sites (N-methyl/N-ethyl adjacent to an activating group) is 1. The number of benzene rings is 1. The molecule has 2 atom stereocenters. The van der Waals surface area contributed by atoms with Crippen LogP contribution in [0.15, 0.2) is 24.3 Å². The monoisotopic (exact) mass is 332 g/mol. The van der Waals surface area contributed by atoms with E-state index in [2.05, 4.69) is 0 Å². The van der Waals surface area contributed by atoms with Crippen molar-refractivity contribution in [2.45, 2.75) is 32.2 Å². The maximum atomic E-state index is 13.7. The first-order chi connectivity index (χ1) is 11.5. The lowest BCUT2D eigenvalue weighted by Gasteiger charge is -2.21. The summed E-state index contributed by atoms with van der Waals surface area (Å²) in [6, 6.07) is 6.24. The molecule has 0 unspecified atom stereocenters. The van der Waals surface area contributed by atoms with Crippen molar-refractivity contribution in [2.75, 3.05) is 13.6 Å². The maximum absolute atomic E-state index is 13.7. The molecule has 1 saturated carbocycles. The predicted octanol–water partition coefficient (Wildman–Crippen LogP) is 1.96. The van der Waals surface area contributed by atoms with Crippen molar-refractivity contribution in [3.8, 4) is 0 Å². The zero-order valence-electron chi connectivity index (χ0n) is 13.7. The van der Waals surface area contributed by atoms with E-state index < -0.39 is 0 Å². The molecule has 128 valence electrons. The third kappa shape index (κ3) is 3.05. The van der Waals surface area contributed by atoms with Gasteiger partial charge in [-0.2, -0.15) is 0 Å². The third-order valence-corrected chi connectivity index (χ3v) is 5.02. The van der Waals surface area contributed by atoms with Gasteiger partial charge in [-0.05, 0) is 18.9 Å². The first kappa shape index (κ1) is 16.6. The SMILES string of the molecule is CN(Cc1ccccc1F)C(=O)CN1C(=O)[C@H]2CCCC[C@H]2C1=O. The Kier molecular flexibility index (Phi) is 4.64. The fraction of sp³-hybridized carbons (Fsp3) is 0.500. The Bertz CT molecular complexity index is 652. The number of amides is 3. The number of carbonyl (C=O) groups excluding carboxylic acids is 3. The Hall–Kier alpha value is -2.24. The Labute approximate surface area is 140 Å². The molecule has 1 heterocycles. The molecular formula is C18H21FN2O3. The first-order valence-electron chi connectivity index (χ1n) is 8.31. The van der Waals surface area contributed by atoms with Crippen LogP contribution in [-0.4, -0.2) is 41.1 Å². The largest absolute Gasteiger partial charge is 0.340 e. The molecule has 0 N–H and O–H groups in total. The normalized spacial score (nSPS) is 23.3. The summed E-state index contributed by atoms with van der Waals surface area (Å²) in [5, 5.41) is 0. The summed E-state index contributed by atoms with van der Waals surface area (Å²) < 4.78 is 13.7. The second-order valence-electron chi connectivity index (χ2n) is 6.60. The number of hydrogen-bond donors (Lipinski definition) is 0. The van der Waals surface area contributed by atoms with Crippen molar-refractivity contribution in [1.82, 2.24) is 9.80 Å². The van der Waals surface area contributed by atoms with Gasteiger partial charge in [0, 0.05) is 19.2 Å². The van der Waals surface area contributed by atoms with Gasteiger partial charge in [-0.1, -0.05) is 31.0 Å². The van der Waals surface area contributed by atoms with Gasteiger partial charge in [-0.25, -0.2) is 4.39 Å². The van der Waals surface area contributed by atoms with E-state index in [1.54, 1.807) is 25.2 Å². The van der Waals surface area contributed by atoms with E-state index in [0.717, 1.165) is 30.6 Å². The lowest BCUT2D eigenvalue weighted by molar-refractivity contribution is -0.146. The van der Waals surface area contributed by atoms with E-state index in [9.17, 15) is 18.8 Å². The van der Waals surface area contributed by atoms with Crippen molar-refractivity contribution in [3.05, 3.63) is 35.6 Å². The molecule has 0 bridgehead atoms. The number of rotatable bonds is 4. The highest BCUT2D eigenvalue weighted by Gasteiger charge is 2.48. The van der Waals surface area contributed by atoms with E-state index >= 15 is 0 Å². The van der Waals surface area contributed by atoms with Crippen LogP contribution in [0.3, 0.4) is 0 Å². The molecule has 1 aliphatic heterocycles. The Balaban J connectivity index is 1.65. The molecule has 6 heteroatoms. The van der Waals surface area contributed by atoms with Gasteiger partial charge < -0.3 is 4.90 Å². The van der Waals surface area contributed by atoms with Gasteiger partial charge in [-0.15, -0.1) is 0 Å². The molecule has 0 spiro atoms. The summed E-state index contributed by atoms with van der Waals surface area (Å²) in [5.41, 5.74) is 0.404. The van der Waals surface area contributed by atoms with Crippen molar-refractivity contribution < 1.29 is 18.8 Å². The number of imide groups is 1. The molecule has 24 heavy (non-hydrogen) atoms. The van der Waals surface area contributed by atoms with Crippen molar-refractivity contribution in [3.63, 3.8) is 0 Å². The van der Waals surface area contributed by atoms with E-state index in [-0.39, 0.29) is 48.5 Å². The van der Waals surface area contributed by atoms with Gasteiger partial charge in [0.15, 0.2) is 0 Å². The summed E-state index contributed by atoms with van der Waals surface area (Å²) in [6.45, 7) is -0.149. The number of carbonyl (C=O) groups is 3. The third-order valence-electron chi connectivity index (χ3n) is 5.02. The van der Waals surface area contributed by atoms with Gasteiger partial charge in [0.2, 0.25) is 17.7 Å². The average Bonchev–Trinajstić information content (AvgIpc) is 2.82. The molecule has 1 aromatic carbocycles. The summed E-state index contributed by atoms with van der Waals surface area (Å²) in [4.78, 5) is 39.6.